The number of primary amides is 1. The van der Waals surface area contributed by atoms with Gasteiger partial charge in [-0.3, -0.25) is 44.7 Å². The van der Waals surface area contributed by atoms with Crippen LogP contribution in [-0.4, -0.2) is 157 Å². The molecular formula is C101H94F3N17O13. The average molecular weight is 1810 g/mol. The molecule has 33 heteroatoms. The number of aromatic carboxylic acids is 1. The zero-order valence-corrected chi connectivity index (χ0v) is 73.7. The maximum Gasteiger partial charge on any atom is 0.339 e. The number of methoxy groups -OCH3 is 5. The highest BCUT2D eigenvalue weighted by Gasteiger charge is 2.27. The Balaban J connectivity index is 0.000000152. The number of nitrogens with one attached hydrogen (secondary N) is 8. The number of aromatic amines is 5. The van der Waals surface area contributed by atoms with Gasteiger partial charge >= 0.3 is 5.97 Å². The van der Waals surface area contributed by atoms with Gasteiger partial charge in [-0.2, -0.15) is 30.8 Å². The quantitative estimate of drug-likeness (QED) is 0.0213. The number of fused-ring (bicyclic) bond motifs is 5. The van der Waals surface area contributed by atoms with Crippen molar-refractivity contribution in [2.24, 2.45) is 11.7 Å². The van der Waals surface area contributed by atoms with Crippen LogP contribution >= 0.6 is 0 Å². The summed E-state index contributed by atoms with van der Waals surface area (Å²) in [5.41, 5.74) is 30.0. The molecule has 0 aliphatic heterocycles. The molecule has 682 valence electrons. The molecule has 11 aromatic carbocycles. The van der Waals surface area contributed by atoms with E-state index >= 15 is 0 Å². The monoisotopic (exact) mass is 1810 g/mol. The van der Waals surface area contributed by atoms with E-state index in [1.54, 1.807) is 146 Å². The summed E-state index contributed by atoms with van der Waals surface area (Å²) in [6.45, 7) is 4.98. The minimum atomic E-state index is -1.09. The number of nitrogens with zero attached hydrogens (tertiary/aromatic N) is 6. The fourth-order valence-corrected chi connectivity index (χ4v) is 14.1. The summed E-state index contributed by atoms with van der Waals surface area (Å²) in [5, 5.41) is 84.9. The normalized spacial score (nSPS) is 11.9. The lowest BCUT2D eigenvalue weighted by Crippen LogP contribution is -2.42. The Morgan fingerprint density at radius 3 is 1.14 bits per heavy atom. The van der Waals surface area contributed by atoms with E-state index in [9.17, 15) is 52.5 Å². The van der Waals surface area contributed by atoms with Gasteiger partial charge in [0.1, 0.15) is 63.9 Å². The molecule has 16 aromatic rings. The number of halogens is 3. The Bertz CT molecular complexity index is 7120. The molecule has 5 heterocycles. The number of nitriles is 1. The maximum absolute atomic E-state index is 13.9. The Morgan fingerprint density at radius 1 is 0.410 bits per heavy atom. The molecule has 16 rings (SSSR count). The maximum atomic E-state index is 13.9. The summed E-state index contributed by atoms with van der Waals surface area (Å²) in [7, 11) is 7.39. The van der Waals surface area contributed by atoms with Crippen LogP contribution in [0.3, 0.4) is 0 Å². The number of rotatable bonds is 27. The molecule has 0 bridgehead atoms. The van der Waals surface area contributed by atoms with Crippen LogP contribution in [0.2, 0.25) is 0 Å². The number of benzene rings is 11. The lowest BCUT2D eigenvalue weighted by molar-refractivity contribution is -0.119. The van der Waals surface area contributed by atoms with Crippen LogP contribution in [0.5, 0.6) is 28.7 Å². The Hall–Kier alpha value is -17.4. The SMILES string of the molecule is COc1c(C#N)ccc2[nH]nc(/C=C/c3ccccc3F)c12.COc1c(C(=O)N[C@@H](C)C(N)=O)ccc2n[nH]c(/C=C/c3ccc(N)cc3)c12.COc1c(C(=O)N[C@H](CO)C(C)C)ccc2n[nH]c(/C=C/c3ccccc3F)c12.COc1c(C(=O)N[C@H](CO)c2ccccc2)ccc2n[nH]c(/C=C/c3ccc(N)cc3)c12.COc1c(C(=O)O)ccc2n[nH]c(/C=C/c3ccccc3F)c12. The second-order valence-corrected chi connectivity index (χ2v) is 30.1. The largest absolute Gasteiger partial charge is 0.495 e. The number of carbonyl (C=O) groups is 5. The van der Waals surface area contributed by atoms with Gasteiger partial charge in [0.15, 0.2) is 0 Å². The van der Waals surface area contributed by atoms with Crippen molar-refractivity contribution in [1.82, 2.24) is 66.9 Å². The van der Waals surface area contributed by atoms with E-state index < -0.39 is 29.9 Å². The fraction of sp³-hybridized carbons (Fsp3) is 0.139. The van der Waals surface area contributed by atoms with Gasteiger partial charge in [-0.25, -0.2) is 18.0 Å². The van der Waals surface area contributed by atoms with Gasteiger partial charge < -0.3 is 72.2 Å². The summed E-state index contributed by atoms with van der Waals surface area (Å²) in [4.78, 5) is 61.0. The highest BCUT2D eigenvalue weighted by atomic mass is 19.1. The second kappa shape index (κ2) is 45.1. The number of nitrogens with two attached hydrogens (primary N) is 3. The third-order valence-corrected chi connectivity index (χ3v) is 21.2. The second-order valence-electron chi connectivity index (χ2n) is 30.1. The predicted molar refractivity (Wildman–Crippen MR) is 513 cm³/mol. The Morgan fingerprint density at radius 2 is 0.776 bits per heavy atom. The van der Waals surface area contributed by atoms with E-state index in [0.717, 1.165) is 22.2 Å². The number of ether oxygens (including phenoxy) is 5. The summed E-state index contributed by atoms with van der Waals surface area (Å²) >= 11 is 0. The molecular weight excluding hydrogens is 1720 g/mol. The molecule has 0 saturated carbocycles. The molecule has 0 saturated heterocycles. The zero-order valence-electron chi connectivity index (χ0n) is 73.7. The van der Waals surface area contributed by atoms with Crippen LogP contribution in [0, 0.1) is 34.7 Å². The standard InChI is InChI=1S/C25H24N4O3.C22H24FN3O3.C20H21N5O3.C17H12FN3O.C17H13FN2O3/c1-32-24-19(25(31)27-22(15-30)17-5-3-2-4-6-17)12-14-21-23(24)20(28-29-21)13-9-16-7-10-18(26)11-8-16;1-13(2)19(12-27)24-22(28)15-9-11-18-20(21(15)29-3)17(25-26-18)10-8-14-6-4-5-7-16(14)23;1-11(19(22)26)23-20(27)14-8-10-16-17(18(14)28-2)15(24-25-16)9-5-12-3-6-13(21)7-4-12;1-22-17-12(10-19)7-9-15-16(17)14(20-21-15)8-6-11-4-2-3-5-13(11)18;1-23-16-11(17(21)22)7-9-14-15(16)13(19-20-14)8-6-10-4-2-3-5-12(10)18/h2-14,22,30H,15,26H2,1H3,(H,27,31)(H,28,29);4-11,13,19,27H,12H2,1-3H3,(H,24,28)(H,25,26);3-11H,21H2,1-2H3,(H2,22,26)(H,23,27)(H,24,25);2-9H,1H3,(H,20,21);2-9H,1H3,(H,19,20)(H,21,22)/b13-9+;10-8+;9-5+;2*8-6+/t22-;19-;11-;;/m110../s1. The van der Waals surface area contributed by atoms with Crippen LogP contribution in [-0.2, 0) is 4.79 Å². The molecule has 30 nitrogen and oxygen atoms in total. The number of carboxylic acids is 1. The van der Waals surface area contributed by atoms with Gasteiger partial charge in [0.25, 0.3) is 17.7 Å². The van der Waals surface area contributed by atoms with Crippen molar-refractivity contribution in [3.05, 3.63) is 319 Å². The van der Waals surface area contributed by atoms with Crippen molar-refractivity contribution in [2.75, 3.05) is 60.2 Å². The number of hydrogen-bond acceptors (Lipinski definition) is 20. The summed E-state index contributed by atoms with van der Waals surface area (Å²) in [6, 6.07) is 60.5. The number of carboxylic acid groups (broad SMARTS) is 1. The summed E-state index contributed by atoms with van der Waals surface area (Å²) in [6.07, 6.45) is 17.4. The first kappa shape index (κ1) is 95.7. The van der Waals surface area contributed by atoms with E-state index in [0.29, 0.717) is 145 Å². The first-order valence-corrected chi connectivity index (χ1v) is 41.5. The number of aliphatic hydroxyl groups is 2. The lowest BCUT2D eigenvalue weighted by atomic mass is 10.0. The lowest BCUT2D eigenvalue weighted by Gasteiger charge is -2.20. The molecule has 0 fully saturated rings. The number of aromatic nitrogens is 10. The van der Waals surface area contributed by atoms with Crippen molar-refractivity contribution >= 4 is 156 Å². The van der Waals surface area contributed by atoms with Crippen LogP contribution in [0.1, 0.15) is 136 Å². The van der Waals surface area contributed by atoms with Crippen LogP contribution in [0.15, 0.2) is 212 Å². The number of aliphatic hydroxyl groups excluding tert-OH is 2. The van der Waals surface area contributed by atoms with Gasteiger partial charge in [0.05, 0.1) is 166 Å². The molecule has 5 aromatic heterocycles. The van der Waals surface area contributed by atoms with Gasteiger partial charge in [0.2, 0.25) is 5.91 Å². The number of hydrogen-bond donors (Lipinski definition) is 14. The van der Waals surface area contributed by atoms with Gasteiger partial charge in [-0.05, 0) is 181 Å². The summed E-state index contributed by atoms with van der Waals surface area (Å²) in [5.74, 6) is -1.95. The zero-order chi connectivity index (χ0) is 95.6. The van der Waals surface area contributed by atoms with Crippen molar-refractivity contribution in [3.63, 3.8) is 0 Å². The molecule has 3 atom stereocenters. The van der Waals surface area contributed by atoms with Crippen LogP contribution in [0.25, 0.3) is 115 Å². The highest BCUT2D eigenvalue weighted by molar-refractivity contribution is 6.09. The minimum Gasteiger partial charge on any atom is -0.495 e. The first-order valence-electron chi connectivity index (χ1n) is 41.5. The number of carbonyl (C=O) groups excluding carboxylic acids is 4. The number of H-pyrrole nitrogens is 5. The van der Waals surface area contributed by atoms with Crippen molar-refractivity contribution in [1.29, 1.82) is 5.26 Å². The van der Waals surface area contributed by atoms with Gasteiger partial charge in [0, 0.05) is 28.1 Å². The minimum absolute atomic E-state index is 0.0435. The Kier molecular flexibility index (Phi) is 32.2. The predicted octanol–water partition coefficient (Wildman–Crippen LogP) is 16.7. The number of amides is 4. The molecule has 4 amide bonds. The smallest absolute Gasteiger partial charge is 0.339 e. The molecule has 0 aliphatic rings. The van der Waals surface area contributed by atoms with Crippen molar-refractivity contribution < 1.29 is 76.1 Å². The van der Waals surface area contributed by atoms with Crippen molar-refractivity contribution in [3.8, 4) is 34.8 Å². The van der Waals surface area contributed by atoms with Crippen LogP contribution in [0.4, 0.5) is 24.5 Å². The van der Waals surface area contributed by atoms with Crippen molar-refractivity contribution in [2.45, 2.75) is 38.9 Å². The molecule has 0 unspecified atom stereocenters. The third kappa shape index (κ3) is 22.8. The Labute approximate surface area is 765 Å². The number of anilines is 2. The number of nitrogen functional groups attached to an aromatic ring is 2. The fourth-order valence-electron chi connectivity index (χ4n) is 14.1. The van der Waals surface area contributed by atoms with E-state index in [2.05, 4.69) is 73.0 Å². The van der Waals surface area contributed by atoms with E-state index in [-0.39, 0.29) is 71.3 Å². The topological polar surface area (TPSA) is 474 Å². The third-order valence-electron chi connectivity index (χ3n) is 21.2. The van der Waals surface area contributed by atoms with E-state index in [4.69, 9.17) is 46.1 Å². The van der Waals surface area contributed by atoms with Gasteiger partial charge in [-0.15, -0.1) is 0 Å². The van der Waals surface area contributed by atoms with E-state index in [1.807, 2.05) is 117 Å². The van der Waals surface area contributed by atoms with E-state index in [1.165, 1.54) is 66.7 Å². The first-order chi connectivity index (χ1) is 64.8. The highest BCUT2D eigenvalue weighted by Crippen LogP contribution is 2.39. The average Bonchev–Trinajstić information content (AvgIpc) is 1.65. The molecule has 17 N–H and O–H groups in total. The summed E-state index contributed by atoms with van der Waals surface area (Å²) < 4.78 is 68.5. The molecule has 134 heavy (non-hydrogen) atoms. The molecule has 0 spiro atoms. The van der Waals surface area contributed by atoms with Gasteiger partial charge in [-0.1, -0.05) is 135 Å². The van der Waals surface area contributed by atoms with Crippen LogP contribution < -0.4 is 56.8 Å². The molecule has 0 aliphatic carbocycles. The molecule has 0 radical (unpaired) electrons.